The number of aromatic carboxylic acids is 1. The van der Waals surface area contributed by atoms with Crippen LogP contribution in [0.4, 0.5) is 4.79 Å². The molecule has 96 valence electrons. The zero-order valence-corrected chi connectivity index (χ0v) is 10.1. The molecular weight excluding hydrogens is 232 g/mol. The van der Waals surface area contributed by atoms with Crippen molar-refractivity contribution in [2.45, 2.75) is 19.5 Å². The number of nitrogens with one attached hydrogen (secondary N) is 2. The van der Waals surface area contributed by atoms with Gasteiger partial charge in [-0.05, 0) is 24.6 Å². The van der Waals surface area contributed by atoms with Gasteiger partial charge in [0.05, 0.1) is 5.56 Å². The number of carboxylic acids is 1. The van der Waals surface area contributed by atoms with Gasteiger partial charge in [-0.25, -0.2) is 9.59 Å². The molecule has 0 fully saturated rings. The zero-order chi connectivity index (χ0) is 13.5. The lowest BCUT2D eigenvalue weighted by molar-refractivity contribution is 0.0696. The van der Waals surface area contributed by atoms with E-state index in [-0.39, 0.29) is 24.2 Å². The topological polar surface area (TPSA) is 78.4 Å². The van der Waals surface area contributed by atoms with E-state index in [4.69, 9.17) is 5.11 Å². The highest BCUT2D eigenvalue weighted by Crippen LogP contribution is 2.04. The van der Waals surface area contributed by atoms with Crippen LogP contribution in [0.2, 0.25) is 0 Å². The second-order valence-corrected chi connectivity index (χ2v) is 3.86. The minimum Gasteiger partial charge on any atom is -0.478 e. The molecule has 0 aromatic heterocycles. The molecule has 0 heterocycles. The predicted molar refractivity (Wildman–Crippen MR) is 68.4 cm³/mol. The van der Waals surface area contributed by atoms with Gasteiger partial charge in [-0.2, -0.15) is 0 Å². The fourth-order valence-corrected chi connectivity index (χ4v) is 1.31. The minimum absolute atomic E-state index is 0.115. The van der Waals surface area contributed by atoms with E-state index in [9.17, 15) is 9.59 Å². The first-order chi connectivity index (χ1) is 8.52. The maximum atomic E-state index is 11.4. The molecule has 1 aromatic carbocycles. The van der Waals surface area contributed by atoms with Gasteiger partial charge >= 0.3 is 12.0 Å². The SMILES string of the molecule is C=CC(C)NC(=O)NCc1cccc(C(=O)O)c1. The Labute approximate surface area is 106 Å². The van der Waals surface area contributed by atoms with Gasteiger partial charge < -0.3 is 15.7 Å². The molecular formula is C13H16N2O3. The molecule has 5 nitrogen and oxygen atoms in total. The van der Waals surface area contributed by atoms with Crippen LogP contribution in [-0.4, -0.2) is 23.1 Å². The van der Waals surface area contributed by atoms with E-state index < -0.39 is 5.97 Å². The first kappa shape index (κ1) is 13.8. The second kappa shape index (κ2) is 6.44. The van der Waals surface area contributed by atoms with E-state index in [2.05, 4.69) is 17.2 Å². The predicted octanol–water partition coefficient (Wildman–Crippen LogP) is 1.76. The van der Waals surface area contributed by atoms with Gasteiger partial charge in [0.15, 0.2) is 0 Å². The summed E-state index contributed by atoms with van der Waals surface area (Å²) in [5.41, 5.74) is 0.936. The van der Waals surface area contributed by atoms with Gasteiger partial charge in [-0.3, -0.25) is 0 Å². The molecule has 18 heavy (non-hydrogen) atoms. The average molecular weight is 248 g/mol. The van der Waals surface area contributed by atoms with Crippen LogP contribution in [0.25, 0.3) is 0 Å². The number of urea groups is 1. The van der Waals surface area contributed by atoms with Crippen LogP contribution in [0, 0.1) is 0 Å². The van der Waals surface area contributed by atoms with E-state index in [0.29, 0.717) is 0 Å². The van der Waals surface area contributed by atoms with Crippen molar-refractivity contribution in [2.75, 3.05) is 0 Å². The first-order valence-corrected chi connectivity index (χ1v) is 5.52. The lowest BCUT2D eigenvalue weighted by Gasteiger charge is -2.11. The third kappa shape index (κ3) is 4.29. The minimum atomic E-state index is -0.985. The molecule has 2 amide bonds. The molecule has 5 heteroatoms. The number of hydrogen-bond donors (Lipinski definition) is 3. The van der Waals surface area contributed by atoms with Crippen molar-refractivity contribution in [3.8, 4) is 0 Å². The summed E-state index contributed by atoms with van der Waals surface area (Å²) in [5, 5.41) is 14.1. The van der Waals surface area contributed by atoms with Crippen LogP contribution in [-0.2, 0) is 6.54 Å². The Bertz CT molecular complexity index is 457. The fourth-order valence-electron chi connectivity index (χ4n) is 1.31. The maximum absolute atomic E-state index is 11.4. The number of carboxylic acid groups (broad SMARTS) is 1. The van der Waals surface area contributed by atoms with Gasteiger partial charge in [-0.15, -0.1) is 6.58 Å². The molecule has 1 atom stereocenters. The normalized spacial score (nSPS) is 11.4. The van der Waals surface area contributed by atoms with E-state index in [1.54, 1.807) is 25.1 Å². The summed E-state index contributed by atoms with van der Waals surface area (Å²) >= 11 is 0. The molecule has 0 aliphatic carbocycles. The summed E-state index contributed by atoms with van der Waals surface area (Å²) in [6.07, 6.45) is 1.62. The Morgan fingerprint density at radius 3 is 2.83 bits per heavy atom. The Morgan fingerprint density at radius 2 is 2.22 bits per heavy atom. The Balaban J connectivity index is 2.53. The number of hydrogen-bond acceptors (Lipinski definition) is 2. The van der Waals surface area contributed by atoms with Gasteiger partial charge in [-0.1, -0.05) is 18.2 Å². The number of benzene rings is 1. The van der Waals surface area contributed by atoms with E-state index >= 15 is 0 Å². The highest BCUT2D eigenvalue weighted by Gasteiger charge is 2.05. The largest absolute Gasteiger partial charge is 0.478 e. The number of rotatable bonds is 5. The summed E-state index contributed by atoms with van der Waals surface area (Å²) in [7, 11) is 0. The Kier molecular flexibility index (Phi) is 4.92. The van der Waals surface area contributed by atoms with Crippen molar-refractivity contribution in [1.29, 1.82) is 0 Å². The molecule has 1 rings (SSSR count). The van der Waals surface area contributed by atoms with E-state index in [0.717, 1.165) is 5.56 Å². The summed E-state index contributed by atoms with van der Waals surface area (Å²) in [4.78, 5) is 22.2. The third-order valence-corrected chi connectivity index (χ3v) is 2.34. The summed E-state index contributed by atoms with van der Waals surface area (Å²) in [5.74, 6) is -0.985. The first-order valence-electron chi connectivity index (χ1n) is 5.52. The highest BCUT2D eigenvalue weighted by molar-refractivity contribution is 5.87. The molecule has 0 saturated heterocycles. The highest BCUT2D eigenvalue weighted by atomic mass is 16.4. The van der Waals surface area contributed by atoms with E-state index in [1.807, 2.05) is 0 Å². The molecule has 0 radical (unpaired) electrons. The molecule has 0 aliphatic rings. The van der Waals surface area contributed by atoms with Gasteiger partial charge in [0.25, 0.3) is 0 Å². The molecule has 0 spiro atoms. The van der Waals surface area contributed by atoms with Crippen molar-refractivity contribution in [3.63, 3.8) is 0 Å². The van der Waals surface area contributed by atoms with Crippen LogP contribution in [0.15, 0.2) is 36.9 Å². The molecule has 1 aromatic rings. The van der Waals surface area contributed by atoms with Crippen LogP contribution in [0.3, 0.4) is 0 Å². The quantitative estimate of drug-likeness (QED) is 0.695. The van der Waals surface area contributed by atoms with Gasteiger partial charge in [0.2, 0.25) is 0 Å². The average Bonchev–Trinajstić information content (AvgIpc) is 2.36. The fraction of sp³-hybridized carbons (Fsp3) is 0.231. The third-order valence-electron chi connectivity index (χ3n) is 2.34. The van der Waals surface area contributed by atoms with E-state index in [1.165, 1.54) is 12.1 Å². The monoisotopic (exact) mass is 248 g/mol. The van der Waals surface area contributed by atoms with Crippen molar-refractivity contribution in [1.82, 2.24) is 10.6 Å². The number of carbonyl (C=O) groups is 2. The summed E-state index contributed by atoms with van der Waals surface area (Å²) in [6.45, 7) is 5.63. The molecule has 0 bridgehead atoms. The molecule has 0 aliphatic heterocycles. The van der Waals surface area contributed by atoms with Crippen molar-refractivity contribution in [3.05, 3.63) is 48.0 Å². The van der Waals surface area contributed by atoms with Crippen LogP contribution < -0.4 is 10.6 Å². The van der Waals surface area contributed by atoms with Gasteiger partial charge in [0.1, 0.15) is 0 Å². The lowest BCUT2D eigenvalue weighted by atomic mass is 10.1. The van der Waals surface area contributed by atoms with Crippen LogP contribution in [0.5, 0.6) is 0 Å². The molecule has 3 N–H and O–H groups in total. The summed E-state index contributed by atoms with van der Waals surface area (Å²) in [6, 6.07) is 6.00. The zero-order valence-electron chi connectivity index (χ0n) is 10.1. The number of amides is 2. The Morgan fingerprint density at radius 1 is 1.50 bits per heavy atom. The Hall–Kier alpha value is -2.30. The molecule has 1 unspecified atom stereocenters. The maximum Gasteiger partial charge on any atom is 0.335 e. The number of carbonyl (C=O) groups excluding carboxylic acids is 1. The smallest absolute Gasteiger partial charge is 0.335 e. The van der Waals surface area contributed by atoms with Crippen molar-refractivity contribution < 1.29 is 14.7 Å². The van der Waals surface area contributed by atoms with Crippen molar-refractivity contribution >= 4 is 12.0 Å². The summed E-state index contributed by atoms with van der Waals surface area (Å²) < 4.78 is 0. The lowest BCUT2D eigenvalue weighted by Crippen LogP contribution is -2.39. The van der Waals surface area contributed by atoms with Crippen molar-refractivity contribution in [2.24, 2.45) is 0 Å². The second-order valence-electron chi connectivity index (χ2n) is 3.86. The van der Waals surface area contributed by atoms with Crippen LogP contribution >= 0.6 is 0 Å². The van der Waals surface area contributed by atoms with Gasteiger partial charge in [0, 0.05) is 12.6 Å². The van der Waals surface area contributed by atoms with Crippen LogP contribution in [0.1, 0.15) is 22.8 Å². The molecule has 0 saturated carbocycles. The standard InChI is InChI=1S/C13H16N2O3/c1-3-9(2)15-13(18)14-8-10-5-4-6-11(7-10)12(16)17/h3-7,9H,1,8H2,2H3,(H,16,17)(H2,14,15,18).